The number of carbonyl (C=O) groups is 1. The number of nitrogens with zero attached hydrogens (tertiary/aromatic N) is 3. The number of anilines is 1. The molecule has 1 atom stereocenters. The van der Waals surface area contributed by atoms with Crippen LogP contribution in [0.5, 0.6) is 0 Å². The van der Waals surface area contributed by atoms with Crippen LogP contribution in [0.15, 0.2) is 29.4 Å². The third-order valence-corrected chi connectivity index (χ3v) is 6.57. The van der Waals surface area contributed by atoms with Crippen molar-refractivity contribution >= 4 is 23.4 Å². The number of nitrogen functional groups attached to an aromatic ring is 1. The summed E-state index contributed by atoms with van der Waals surface area (Å²) in [7, 11) is 0. The number of benzene rings is 1. The van der Waals surface area contributed by atoms with E-state index in [-0.39, 0.29) is 11.2 Å². The molecule has 6 nitrogen and oxygen atoms in total. The number of amides is 1. The first-order valence-electron chi connectivity index (χ1n) is 10.3. The van der Waals surface area contributed by atoms with E-state index in [1.54, 1.807) is 4.68 Å². The standard InChI is InChI=1S/C21H31N5OS/c1-3-16-9-12-18(13-10-16)23-20(27)15(2)28-21-25-24-19(26(21)22)14-11-17-7-5-4-6-8-17/h9-10,12-13,15,17H,3-8,11,14,22H2,1-2H3,(H,23,27)/t15-/m0/s1. The molecule has 3 N–H and O–H groups in total. The summed E-state index contributed by atoms with van der Waals surface area (Å²) in [5.41, 5.74) is 2.05. The van der Waals surface area contributed by atoms with Crippen molar-refractivity contribution < 1.29 is 4.79 Å². The first-order valence-corrected chi connectivity index (χ1v) is 11.2. The quantitative estimate of drug-likeness (QED) is 0.512. The molecule has 1 heterocycles. The van der Waals surface area contributed by atoms with Gasteiger partial charge in [-0.25, -0.2) is 4.68 Å². The molecular weight excluding hydrogens is 370 g/mol. The maximum atomic E-state index is 12.5. The van der Waals surface area contributed by atoms with Crippen molar-refractivity contribution in [1.82, 2.24) is 14.9 Å². The lowest BCUT2D eigenvalue weighted by molar-refractivity contribution is -0.115. The molecule has 1 amide bonds. The maximum Gasteiger partial charge on any atom is 0.237 e. The molecule has 1 saturated carbocycles. The van der Waals surface area contributed by atoms with Gasteiger partial charge in [-0.1, -0.05) is 62.9 Å². The van der Waals surface area contributed by atoms with E-state index >= 15 is 0 Å². The predicted octanol–water partition coefficient (Wildman–Crippen LogP) is 4.19. The molecule has 152 valence electrons. The SMILES string of the molecule is CCc1ccc(NC(=O)[C@H](C)Sc2nnc(CCC3CCCCC3)n2N)cc1. The average molecular weight is 402 g/mol. The van der Waals surface area contributed by atoms with E-state index < -0.39 is 0 Å². The van der Waals surface area contributed by atoms with Gasteiger partial charge in [0.1, 0.15) is 0 Å². The molecule has 0 spiro atoms. The van der Waals surface area contributed by atoms with Crippen LogP contribution < -0.4 is 11.2 Å². The minimum Gasteiger partial charge on any atom is -0.336 e. The Morgan fingerprint density at radius 1 is 1.25 bits per heavy atom. The molecule has 0 saturated heterocycles. The van der Waals surface area contributed by atoms with Gasteiger partial charge in [0.05, 0.1) is 5.25 Å². The van der Waals surface area contributed by atoms with Gasteiger partial charge < -0.3 is 11.2 Å². The van der Waals surface area contributed by atoms with Crippen LogP contribution in [-0.2, 0) is 17.6 Å². The van der Waals surface area contributed by atoms with Crippen LogP contribution in [0.3, 0.4) is 0 Å². The van der Waals surface area contributed by atoms with Gasteiger partial charge >= 0.3 is 0 Å². The second-order valence-corrected chi connectivity index (χ2v) is 8.92. The number of aromatic nitrogens is 3. The largest absolute Gasteiger partial charge is 0.336 e. The molecule has 28 heavy (non-hydrogen) atoms. The minimum atomic E-state index is -0.316. The van der Waals surface area contributed by atoms with Crippen molar-refractivity contribution in [2.75, 3.05) is 11.2 Å². The highest BCUT2D eigenvalue weighted by atomic mass is 32.2. The summed E-state index contributed by atoms with van der Waals surface area (Å²) in [6.45, 7) is 3.97. The Hall–Kier alpha value is -2.02. The van der Waals surface area contributed by atoms with Crippen LogP contribution in [0, 0.1) is 5.92 Å². The molecule has 1 aliphatic carbocycles. The Kier molecular flexibility index (Phi) is 7.36. The Morgan fingerprint density at radius 2 is 1.96 bits per heavy atom. The van der Waals surface area contributed by atoms with Gasteiger partial charge in [0.25, 0.3) is 0 Å². The van der Waals surface area contributed by atoms with Crippen molar-refractivity contribution in [2.45, 2.75) is 75.6 Å². The molecule has 1 aliphatic rings. The maximum absolute atomic E-state index is 12.5. The van der Waals surface area contributed by atoms with Crippen molar-refractivity contribution in [3.05, 3.63) is 35.7 Å². The highest BCUT2D eigenvalue weighted by Crippen LogP contribution is 2.28. The summed E-state index contributed by atoms with van der Waals surface area (Å²) in [5.74, 6) is 7.71. The van der Waals surface area contributed by atoms with E-state index in [0.717, 1.165) is 36.7 Å². The van der Waals surface area contributed by atoms with Crippen molar-refractivity contribution in [1.29, 1.82) is 0 Å². The minimum absolute atomic E-state index is 0.0685. The fourth-order valence-corrected chi connectivity index (χ4v) is 4.44. The lowest BCUT2D eigenvalue weighted by Gasteiger charge is -2.20. The van der Waals surface area contributed by atoms with Gasteiger partial charge in [0.15, 0.2) is 5.82 Å². The number of thioether (sulfide) groups is 1. The number of rotatable bonds is 8. The Labute approximate surface area is 171 Å². The monoisotopic (exact) mass is 401 g/mol. The van der Waals surface area contributed by atoms with Crippen LogP contribution in [0.25, 0.3) is 0 Å². The van der Waals surface area contributed by atoms with E-state index in [1.807, 2.05) is 31.2 Å². The zero-order chi connectivity index (χ0) is 19.9. The highest BCUT2D eigenvalue weighted by Gasteiger charge is 2.20. The van der Waals surface area contributed by atoms with Crippen molar-refractivity contribution in [3.63, 3.8) is 0 Å². The number of aryl methyl sites for hydroxylation is 2. The van der Waals surface area contributed by atoms with Gasteiger partial charge in [0, 0.05) is 12.1 Å². The number of nitrogens with one attached hydrogen (secondary N) is 1. The van der Waals surface area contributed by atoms with E-state index in [0.29, 0.717) is 5.16 Å². The predicted molar refractivity (Wildman–Crippen MR) is 115 cm³/mol. The lowest BCUT2D eigenvalue weighted by atomic mass is 9.86. The topological polar surface area (TPSA) is 85.8 Å². The van der Waals surface area contributed by atoms with Gasteiger partial charge in [-0.2, -0.15) is 0 Å². The summed E-state index contributed by atoms with van der Waals surface area (Å²) in [5, 5.41) is 11.7. The molecule has 1 aromatic carbocycles. The molecular formula is C21H31N5OS. The number of carbonyl (C=O) groups excluding carboxylic acids is 1. The molecule has 1 aromatic heterocycles. The van der Waals surface area contributed by atoms with E-state index in [2.05, 4.69) is 22.4 Å². The van der Waals surface area contributed by atoms with Crippen LogP contribution in [-0.4, -0.2) is 26.0 Å². The average Bonchev–Trinajstić information content (AvgIpc) is 3.07. The van der Waals surface area contributed by atoms with Crippen molar-refractivity contribution in [3.8, 4) is 0 Å². The zero-order valence-corrected chi connectivity index (χ0v) is 17.7. The summed E-state index contributed by atoms with van der Waals surface area (Å²) in [6.07, 6.45) is 9.63. The van der Waals surface area contributed by atoms with Gasteiger partial charge in [-0.3, -0.25) is 4.79 Å². The smallest absolute Gasteiger partial charge is 0.237 e. The third kappa shape index (κ3) is 5.50. The molecule has 1 fully saturated rings. The molecule has 7 heteroatoms. The first-order chi connectivity index (χ1) is 13.6. The lowest BCUT2D eigenvalue weighted by Crippen LogP contribution is -2.24. The molecule has 3 rings (SSSR count). The van der Waals surface area contributed by atoms with Crippen LogP contribution in [0.2, 0.25) is 0 Å². The third-order valence-electron chi connectivity index (χ3n) is 5.52. The fourth-order valence-electron chi connectivity index (χ4n) is 3.65. The molecule has 2 aromatic rings. The van der Waals surface area contributed by atoms with E-state index in [9.17, 15) is 4.79 Å². The molecule has 0 unspecified atom stereocenters. The number of nitrogens with two attached hydrogens (primary N) is 1. The zero-order valence-electron chi connectivity index (χ0n) is 16.9. The number of hydrogen-bond donors (Lipinski definition) is 2. The summed E-state index contributed by atoms with van der Waals surface area (Å²) in [4.78, 5) is 12.5. The van der Waals surface area contributed by atoms with Crippen LogP contribution in [0.1, 0.15) is 63.8 Å². The summed E-state index contributed by atoms with van der Waals surface area (Å²) < 4.78 is 1.55. The van der Waals surface area contributed by atoms with Gasteiger partial charge in [-0.15, -0.1) is 10.2 Å². The van der Waals surface area contributed by atoms with Gasteiger partial charge in [-0.05, 0) is 43.4 Å². The van der Waals surface area contributed by atoms with Crippen LogP contribution >= 0.6 is 11.8 Å². The normalized spacial score (nSPS) is 16.1. The van der Waals surface area contributed by atoms with Crippen LogP contribution in [0.4, 0.5) is 5.69 Å². The van der Waals surface area contributed by atoms with E-state index in [4.69, 9.17) is 5.84 Å². The van der Waals surface area contributed by atoms with Gasteiger partial charge in [0.2, 0.25) is 11.1 Å². The number of hydrogen-bond acceptors (Lipinski definition) is 5. The summed E-state index contributed by atoms with van der Waals surface area (Å²) in [6, 6.07) is 7.93. The molecule has 0 bridgehead atoms. The highest BCUT2D eigenvalue weighted by molar-refractivity contribution is 8.00. The Morgan fingerprint density at radius 3 is 2.64 bits per heavy atom. The summed E-state index contributed by atoms with van der Waals surface area (Å²) >= 11 is 1.34. The van der Waals surface area contributed by atoms with E-state index in [1.165, 1.54) is 49.4 Å². The Balaban J connectivity index is 1.52. The second kappa shape index (κ2) is 9.96. The molecule has 0 radical (unpaired) electrons. The Bertz CT molecular complexity index is 768. The fraction of sp³-hybridized carbons (Fsp3) is 0.571. The molecule has 0 aliphatic heterocycles. The van der Waals surface area contributed by atoms with Crippen molar-refractivity contribution in [2.24, 2.45) is 5.92 Å². The second-order valence-electron chi connectivity index (χ2n) is 7.61. The first kappa shape index (κ1) is 20.7.